The molecule has 0 radical (unpaired) electrons. The maximum absolute atomic E-state index is 4.17. The highest BCUT2D eigenvalue weighted by Gasteiger charge is 2.07. The van der Waals surface area contributed by atoms with Gasteiger partial charge in [-0.2, -0.15) is 0 Å². The Labute approximate surface area is 134 Å². The van der Waals surface area contributed by atoms with Gasteiger partial charge in [0, 0.05) is 11.9 Å². The second-order valence-electron chi connectivity index (χ2n) is 5.85. The zero-order chi connectivity index (χ0) is 15.8. The quantitative estimate of drug-likeness (QED) is 0.629. The standard InChI is InChI=1S/C19H18N4/c1-13-9-19-22-21-12-23(19)18-10-16(7-8-17(13)18)15-5-3-14(4-6-15)11-20-2/h3-10,12,20H,11H2,1-2H3. The number of rotatable bonds is 3. The topological polar surface area (TPSA) is 42.2 Å². The summed E-state index contributed by atoms with van der Waals surface area (Å²) in [6, 6.07) is 17.3. The molecule has 0 aliphatic heterocycles. The Morgan fingerprint density at radius 1 is 1.00 bits per heavy atom. The molecule has 0 aliphatic rings. The third kappa shape index (κ3) is 2.37. The predicted octanol–water partition coefficient (Wildman–Crippen LogP) is 3.58. The molecule has 1 N–H and O–H groups in total. The summed E-state index contributed by atoms with van der Waals surface area (Å²) < 4.78 is 2.04. The van der Waals surface area contributed by atoms with Gasteiger partial charge in [-0.25, -0.2) is 0 Å². The Bertz CT molecular complexity index is 984. The average molecular weight is 302 g/mol. The molecule has 4 rings (SSSR count). The Morgan fingerprint density at radius 2 is 1.78 bits per heavy atom. The van der Waals surface area contributed by atoms with E-state index in [0.717, 1.165) is 17.7 Å². The van der Waals surface area contributed by atoms with E-state index in [-0.39, 0.29) is 0 Å². The summed E-state index contributed by atoms with van der Waals surface area (Å²) in [6.45, 7) is 3.00. The van der Waals surface area contributed by atoms with Crippen molar-refractivity contribution in [2.75, 3.05) is 7.05 Å². The third-order valence-electron chi connectivity index (χ3n) is 4.27. The van der Waals surface area contributed by atoms with Crippen molar-refractivity contribution in [1.29, 1.82) is 0 Å². The van der Waals surface area contributed by atoms with E-state index >= 15 is 0 Å². The molecular formula is C19H18N4. The lowest BCUT2D eigenvalue weighted by atomic mass is 10.0. The number of aryl methyl sites for hydroxylation is 1. The smallest absolute Gasteiger partial charge is 0.161 e. The number of pyridine rings is 1. The first kappa shape index (κ1) is 13.9. The van der Waals surface area contributed by atoms with Crippen molar-refractivity contribution in [1.82, 2.24) is 19.9 Å². The molecule has 0 spiro atoms. The lowest BCUT2D eigenvalue weighted by molar-refractivity contribution is 0.818. The van der Waals surface area contributed by atoms with E-state index in [1.54, 1.807) is 6.33 Å². The normalized spacial score (nSPS) is 11.4. The fraction of sp³-hybridized carbons (Fsp3) is 0.158. The van der Waals surface area contributed by atoms with E-state index < -0.39 is 0 Å². The Kier molecular flexibility index (Phi) is 3.32. The van der Waals surface area contributed by atoms with Gasteiger partial charge in [0.05, 0.1) is 5.52 Å². The molecule has 4 nitrogen and oxygen atoms in total. The van der Waals surface area contributed by atoms with E-state index in [2.05, 4.69) is 71.0 Å². The van der Waals surface area contributed by atoms with Crippen molar-refractivity contribution < 1.29 is 0 Å². The summed E-state index contributed by atoms with van der Waals surface area (Å²) in [5, 5.41) is 12.6. The van der Waals surface area contributed by atoms with Crippen LogP contribution >= 0.6 is 0 Å². The summed E-state index contributed by atoms with van der Waals surface area (Å²) in [7, 11) is 1.96. The monoisotopic (exact) mass is 302 g/mol. The van der Waals surface area contributed by atoms with Crippen LogP contribution in [0.4, 0.5) is 0 Å². The molecular weight excluding hydrogens is 284 g/mol. The first-order chi connectivity index (χ1) is 11.3. The van der Waals surface area contributed by atoms with Crippen LogP contribution in [-0.2, 0) is 6.54 Å². The van der Waals surface area contributed by atoms with Gasteiger partial charge in [-0.05, 0) is 48.4 Å². The summed E-state index contributed by atoms with van der Waals surface area (Å²) in [5.74, 6) is 0. The molecule has 0 saturated heterocycles. The minimum absolute atomic E-state index is 0.886. The van der Waals surface area contributed by atoms with Gasteiger partial charge >= 0.3 is 0 Å². The number of fused-ring (bicyclic) bond motifs is 3. The summed E-state index contributed by atoms with van der Waals surface area (Å²) >= 11 is 0. The highest BCUT2D eigenvalue weighted by atomic mass is 15.2. The largest absolute Gasteiger partial charge is 0.316 e. The molecule has 0 fully saturated rings. The van der Waals surface area contributed by atoms with Gasteiger partial charge in [-0.3, -0.25) is 4.40 Å². The molecule has 4 heteroatoms. The predicted molar refractivity (Wildman–Crippen MR) is 93.4 cm³/mol. The van der Waals surface area contributed by atoms with Crippen LogP contribution < -0.4 is 5.32 Å². The van der Waals surface area contributed by atoms with Crippen molar-refractivity contribution in [2.45, 2.75) is 13.5 Å². The molecule has 114 valence electrons. The minimum atomic E-state index is 0.886. The minimum Gasteiger partial charge on any atom is -0.316 e. The zero-order valence-corrected chi connectivity index (χ0v) is 13.2. The Balaban J connectivity index is 1.87. The van der Waals surface area contributed by atoms with Crippen molar-refractivity contribution >= 4 is 16.6 Å². The lowest BCUT2D eigenvalue weighted by Crippen LogP contribution is -2.04. The second-order valence-corrected chi connectivity index (χ2v) is 5.85. The molecule has 2 aromatic carbocycles. The van der Waals surface area contributed by atoms with Gasteiger partial charge in [0.15, 0.2) is 5.65 Å². The first-order valence-corrected chi connectivity index (χ1v) is 7.73. The summed E-state index contributed by atoms with van der Waals surface area (Å²) in [4.78, 5) is 0. The number of hydrogen-bond donors (Lipinski definition) is 1. The third-order valence-corrected chi connectivity index (χ3v) is 4.27. The highest BCUT2D eigenvalue weighted by Crippen LogP contribution is 2.27. The number of benzene rings is 2. The van der Waals surface area contributed by atoms with Crippen LogP contribution in [0.3, 0.4) is 0 Å². The maximum Gasteiger partial charge on any atom is 0.161 e. The SMILES string of the molecule is CNCc1ccc(-c2ccc3c(C)cc4nncn4c3c2)cc1. The van der Waals surface area contributed by atoms with Crippen LogP contribution in [0.25, 0.3) is 27.7 Å². The molecule has 0 unspecified atom stereocenters. The second kappa shape index (κ2) is 5.48. The van der Waals surface area contributed by atoms with Gasteiger partial charge in [-0.15, -0.1) is 10.2 Å². The van der Waals surface area contributed by atoms with Crippen LogP contribution in [0.1, 0.15) is 11.1 Å². The fourth-order valence-corrected chi connectivity index (χ4v) is 3.06. The first-order valence-electron chi connectivity index (χ1n) is 7.73. The molecule has 2 aromatic heterocycles. The number of nitrogens with one attached hydrogen (secondary N) is 1. The van der Waals surface area contributed by atoms with Crippen molar-refractivity contribution in [3.05, 3.63) is 66.0 Å². The van der Waals surface area contributed by atoms with Crippen molar-refractivity contribution in [3.63, 3.8) is 0 Å². The molecule has 0 aliphatic carbocycles. The summed E-state index contributed by atoms with van der Waals surface area (Å²) in [6.07, 6.45) is 1.77. The van der Waals surface area contributed by atoms with Crippen LogP contribution in [0.5, 0.6) is 0 Å². The van der Waals surface area contributed by atoms with Crippen LogP contribution in [0, 0.1) is 6.92 Å². The fourth-order valence-electron chi connectivity index (χ4n) is 3.06. The molecule has 0 atom stereocenters. The zero-order valence-electron chi connectivity index (χ0n) is 13.2. The maximum atomic E-state index is 4.17. The van der Waals surface area contributed by atoms with Crippen LogP contribution in [0.15, 0.2) is 54.9 Å². The van der Waals surface area contributed by atoms with Gasteiger partial charge in [0.2, 0.25) is 0 Å². The number of aromatic nitrogens is 3. The molecule has 23 heavy (non-hydrogen) atoms. The van der Waals surface area contributed by atoms with E-state index in [1.165, 1.54) is 27.6 Å². The molecule has 2 heterocycles. The molecule has 4 aromatic rings. The number of nitrogens with zero attached hydrogens (tertiary/aromatic N) is 3. The molecule has 0 saturated carbocycles. The van der Waals surface area contributed by atoms with Gasteiger partial charge in [-0.1, -0.05) is 36.4 Å². The van der Waals surface area contributed by atoms with Gasteiger partial charge in [0.1, 0.15) is 6.33 Å². The Hall–Kier alpha value is -2.72. The van der Waals surface area contributed by atoms with E-state index in [1.807, 2.05) is 11.4 Å². The van der Waals surface area contributed by atoms with E-state index in [0.29, 0.717) is 0 Å². The van der Waals surface area contributed by atoms with E-state index in [4.69, 9.17) is 0 Å². The van der Waals surface area contributed by atoms with Crippen LogP contribution in [0.2, 0.25) is 0 Å². The van der Waals surface area contributed by atoms with Crippen molar-refractivity contribution in [2.24, 2.45) is 0 Å². The van der Waals surface area contributed by atoms with Crippen LogP contribution in [-0.4, -0.2) is 21.6 Å². The lowest BCUT2D eigenvalue weighted by Gasteiger charge is -2.09. The molecule has 0 bridgehead atoms. The Morgan fingerprint density at radius 3 is 2.57 bits per heavy atom. The van der Waals surface area contributed by atoms with Gasteiger partial charge in [0.25, 0.3) is 0 Å². The highest BCUT2D eigenvalue weighted by molar-refractivity contribution is 5.89. The van der Waals surface area contributed by atoms with Gasteiger partial charge < -0.3 is 5.32 Å². The average Bonchev–Trinajstić information content (AvgIpc) is 3.04. The van der Waals surface area contributed by atoms with E-state index in [9.17, 15) is 0 Å². The van der Waals surface area contributed by atoms with Crippen molar-refractivity contribution in [3.8, 4) is 11.1 Å². The summed E-state index contributed by atoms with van der Waals surface area (Å²) in [5.41, 5.74) is 6.95. The molecule has 0 amide bonds. The number of hydrogen-bond acceptors (Lipinski definition) is 3.